The molecule has 0 aliphatic carbocycles. The third-order valence-electron chi connectivity index (χ3n) is 4.79. The van der Waals surface area contributed by atoms with Crippen LogP contribution in [0.15, 0.2) is 48.5 Å². The lowest BCUT2D eigenvalue weighted by Gasteiger charge is -2.03. The van der Waals surface area contributed by atoms with Gasteiger partial charge < -0.3 is 10.3 Å². The van der Waals surface area contributed by atoms with Crippen molar-refractivity contribution in [1.29, 1.82) is 0 Å². The van der Waals surface area contributed by atoms with Gasteiger partial charge in [-0.1, -0.05) is 36.8 Å². The molecule has 1 amide bonds. The summed E-state index contributed by atoms with van der Waals surface area (Å²) in [4.78, 5) is 20.4. The number of aryl methyl sites for hydroxylation is 2. The van der Waals surface area contributed by atoms with Gasteiger partial charge in [-0.05, 0) is 31.0 Å². The molecule has 6 heteroatoms. The second-order valence-electron chi connectivity index (χ2n) is 6.76. The number of fused-ring (bicyclic) bond motifs is 2. The first-order valence-corrected chi connectivity index (χ1v) is 9.36. The van der Waals surface area contributed by atoms with Crippen molar-refractivity contribution < 1.29 is 4.79 Å². The van der Waals surface area contributed by atoms with Gasteiger partial charge in [-0.25, -0.2) is 4.98 Å². The first-order valence-electron chi connectivity index (χ1n) is 9.36. The molecule has 6 nitrogen and oxygen atoms in total. The van der Waals surface area contributed by atoms with Gasteiger partial charge in [-0.3, -0.25) is 9.48 Å². The predicted molar refractivity (Wildman–Crippen MR) is 107 cm³/mol. The normalized spacial score (nSPS) is 11.3. The van der Waals surface area contributed by atoms with Gasteiger partial charge in [-0.15, -0.1) is 0 Å². The number of amides is 1. The molecule has 0 aliphatic heterocycles. The summed E-state index contributed by atoms with van der Waals surface area (Å²) in [5.41, 5.74) is 3.56. The van der Waals surface area contributed by atoms with Crippen LogP contribution in [0.2, 0.25) is 0 Å². The van der Waals surface area contributed by atoms with E-state index in [1.165, 1.54) is 0 Å². The van der Waals surface area contributed by atoms with Crippen molar-refractivity contribution in [3.8, 4) is 0 Å². The highest BCUT2D eigenvalue weighted by Crippen LogP contribution is 2.17. The first-order chi connectivity index (χ1) is 13.2. The van der Waals surface area contributed by atoms with E-state index in [4.69, 9.17) is 0 Å². The minimum atomic E-state index is -0.107. The number of aromatic amines is 1. The van der Waals surface area contributed by atoms with Crippen LogP contribution < -0.4 is 5.32 Å². The second kappa shape index (κ2) is 7.61. The van der Waals surface area contributed by atoms with Crippen LogP contribution in [0.3, 0.4) is 0 Å². The molecular weight excluding hydrogens is 338 g/mol. The summed E-state index contributed by atoms with van der Waals surface area (Å²) < 4.78 is 1.75. The number of unbranched alkanes of at least 4 members (excludes halogenated alkanes) is 2. The van der Waals surface area contributed by atoms with Gasteiger partial charge in [0.1, 0.15) is 5.82 Å². The molecule has 0 fully saturated rings. The molecule has 27 heavy (non-hydrogen) atoms. The number of nitrogens with zero attached hydrogens (tertiary/aromatic N) is 3. The number of benzene rings is 2. The minimum Gasteiger partial charge on any atom is -0.351 e. The number of para-hydroxylation sites is 3. The number of imidazole rings is 1. The maximum Gasteiger partial charge on any atom is 0.272 e. The lowest BCUT2D eigenvalue weighted by atomic mass is 10.2. The predicted octanol–water partition coefficient (Wildman–Crippen LogP) is 3.59. The Hall–Kier alpha value is -3.15. The molecule has 0 radical (unpaired) electrons. The third-order valence-corrected chi connectivity index (χ3v) is 4.79. The van der Waals surface area contributed by atoms with Crippen LogP contribution in [0, 0.1) is 0 Å². The van der Waals surface area contributed by atoms with Gasteiger partial charge in [0.25, 0.3) is 5.91 Å². The van der Waals surface area contributed by atoms with Crippen LogP contribution in [-0.2, 0) is 13.5 Å². The summed E-state index contributed by atoms with van der Waals surface area (Å²) in [6, 6.07) is 15.9. The van der Waals surface area contributed by atoms with Crippen molar-refractivity contribution in [3.63, 3.8) is 0 Å². The summed E-state index contributed by atoms with van der Waals surface area (Å²) >= 11 is 0. The van der Waals surface area contributed by atoms with E-state index in [-0.39, 0.29) is 5.91 Å². The molecular formula is C21H23N5O. The number of nitrogens with one attached hydrogen (secondary N) is 2. The summed E-state index contributed by atoms with van der Waals surface area (Å²) in [6.07, 6.45) is 3.95. The van der Waals surface area contributed by atoms with E-state index in [2.05, 4.69) is 20.4 Å². The van der Waals surface area contributed by atoms with Gasteiger partial charge in [0.15, 0.2) is 5.69 Å². The van der Waals surface area contributed by atoms with Crippen LogP contribution in [-0.4, -0.2) is 32.2 Å². The molecule has 2 N–H and O–H groups in total. The molecule has 4 aromatic rings. The highest BCUT2D eigenvalue weighted by atomic mass is 16.1. The number of carbonyl (C=O) groups excluding carboxylic acids is 1. The zero-order valence-electron chi connectivity index (χ0n) is 15.4. The fourth-order valence-corrected chi connectivity index (χ4v) is 3.39. The molecule has 2 aromatic heterocycles. The Kier molecular flexibility index (Phi) is 4.87. The summed E-state index contributed by atoms with van der Waals surface area (Å²) in [7, 11) is 1.86. The molecule has 0 unspecified atom stereocenters. The maximum atomic E-state index is 12.4. The van der Waals surface area contributed by atoms with E-state index in [9.17, 15) is 4.79 Å². The zero-order chi connectivity index (χ0) is 18.6. The van der Waals surface area contributed by atoms with Gasteiger partial charge >= 0.3 is 0 Å². The van der Waals surface area contributed by atoms with E-state index in [1.54, 1.807) is 4.68 Å². The van der Waals surface area contributed by atoms with Gasteiger partial charge in [0.05, 0.1) is 16.6 Å². The van der Waals surface area contributed by atoms with Crippen molar-refractivity contribution in [2.45, 2.75) is 25.7 Å². The van der Waals surface area contributed by atoms with E-state index in [1.807, 2.05) is 55.6 Å². The monoisotopic (exact) mass is 361 g/mol. The summed E-state index contributed by atoms with van der Waals surface area (Å²) in [5.74, 6) is 0.921. The van der Waals surface area contributed by atoms with Crippen molar-refractivity contribution in [1.82, 2.24) is 25.1 Å². The third kappa shape index (κ3) is 3.69. The van der Waals surface area contributed by atoms with Crippen molar-refractivity contribution in [3.05, 3.63) is 60.0 Å². The number of hydrogen-bond acceptors (Lipinski definition) is 3. The Labute approximate surface area is 157 Å². The van der Waals surface area contributed by atoms with E-state index < -0.39 is 0 Å². The van der Waals surface area contributed by atoms with Crippen molar-refractivity contribution in [2.75, 3.05) is 6.54 Å². The average molecular weight is 361 g/mol. The Morgan fingerprint density at radius 1 is 1.07 bits per heavy atom. The fraction of sp³-hybridized carbons (Fsp3) is 0.286. The summed E-state index contributed by atoms with van der Waals surface area (Å²) in [5, 5.41) is 8.23. The molecule has 0 aliphatic rings. The topological polar surface area (TPSA) is 75.6 Å². The second-order valence-corrected chi connectivity index (χ2v) is 6.76. The minimum absolute atomic E-state index is 0.107. The Morgan fingerprint density at radius 3 is 2.78 bits per heavy atom. The lowest BCUT2D eigenvalue weighted by Crippen LogP contribution is -2.25. The molecule has 4 rings (SSSR count). The number of H-pyrrole nitrogens is 1. The smallest absolute Gasteiger partial charge is 0.272 e. The first kappa shape index (κ1) is 17.3. The van der Waals surface area contributed by atoms with E-state index in [0.717, 1.165) is 53.4 Å². The van der Waals surface area contributed by atoms with Gasteiger partial charge in [-0.2, -0.15) is 5.10 Å². The largest absolute Gasteiger partial charge is 0.351 e. The highest BCUT2D eigenvalue weighted by Gasteiger charge is 2.14. The average Bonchev–Trinajstić information content (AvgIpc) is 3.25. The Balaban J connectivity index is 1.23. The molecule has 0 bridgehead atoms. The van der Waals surface area contributed by atoms with Crippen LogP contribution in [0.4, 0.5) is 0 Å². The highest BCUT2D eigenvalue weighted by molar-refractivity contribution is 6.04. The van der Waals surface area contributed by atoms with E-state index in [0.29, 0.717) is 12.2 Å². The summed E-state index contributed by atoms with van der Waals surface area (Å²) in [6.45, 7) is 0.657. The van der Waals surface area contributed by atoms with Crippen LogP contribution in [0.25, 0.3) is 21.9 Å². The number of carbonyl (C=O) groups is 1. The molecule has 0 atom stereocenters. The van der Waals surface area contributed by atoms with Crippen LogP contribution >= 0.6 is 0 Å². The number of hydrogen-bond donors (Lipinski definition) is 2. The number of aromatic nitrogens is 4. The molecule has 0 spiro atoms. The van der Waals surface area contributed by atoms with Crippen LogP contribution in [0.1, 0.15) is 35.6 Å². The SMILES string of the molecule is Cn1nc(C(=O)NCCCCCc2nc3ccccc3[nH]2)c2ccccc21. The van der Waals surface area contributed by atoms with Crippen molar-refractivity contribution >= 4 is 27.8 Å². The standard InChI is InChI=1S/C21H23N5O/c1-26-18-12-7-4-9-15(18)20(25-26)21(27)22-14-8-2-3-13-19-23-16-10-5-6-11-17(16)24-19/h4-7,9-12H,2-3,8,13-14H2,1H3,(H,22,27)(H,23,24). The fourth-order valence-electron chi connectivity index (χ4n) is 3.39. The Bertz CT molecular complexity index is 1050. The number of rotatable bonds is 7. The van der Waals surface area contributed by atoms with Crippen LogP contribution in [0.5, 0.6) is 0 Å². The molecule has 0 saturated heterocycles. The van der Waals surface area contributed by atoms with Gasteiger partial charge in [0, 0.05) is 25.4 Å². The molecule has 0 saturated carbocycles. The molecule has 2 aromatic carbocycles. The zero-order valence-corrected chi connectivity index (χ0v) is 15.4. The molecule has 2 heterocycles. The molecule has 138 valence electrons. The Morgan fingerprint density at radius 2 is 1.89 bits per heavy atom. The maximum absolute atomic E-state index is 12.4. The van der Waals surface area contributed by atoms with Gasteiger partial charge in [0.2, 0.25) is 0 Å². The van der Waals surface area contributed by atoms with Crippen molar-refractivity contribution in [2.24, 2.45) is 7.05 Å². The van der Waals surface area contributed by atoms with E-state index >= 15 is 0 Å². The lowest BCUT2D eigenvalue weighted by molar-refractivity contribution is 0.0949. The quantitative estimate of drug-likeness (QED) is 0.494.